The van der Waals surface area contributed by atoms with E-state index < -0.39 is 0 Å². The van der Waals surface area contributed by atoms with Crippen LogP contribution >= 0.6 is 11.3 Å². The molecule has 1 fully saturated rings. The van der Waals surface area contributed by atoms with E-state index in [1.54, 1.807) is 11.3 Å². The minimum Gasteiger partial charge on any atom is -0.341 e. The Labute approximate surface area is 181 Å². The van der Waals surface area contributed by atoms with Crippen LogP contribution in [0.2, 0.25) is 0 Å². The maximum absolute atomic E-state index is 5.15. The fraction of sp³-hybridized carbons (Fsp3) is 0.545. The quantitative estimate of drug-likeness (QED) is 0.639. The highest BCUT2D eigenvalue weighted by molar-refractivity contribution is 7.09. The second-order valence-corrected chi connectivity index (χ2v) is 9.78. The molecule has 0 saturated carbocycles. The maximum atomic E-state index is 5.15. The number of hydrogen-bond acceptors (Lipinski definition) is 7. The monoisotopic (exact) mass is 423 g/mol. The average Bonchev–Trinajstić information content (AvgIpc) is 3.37. The number of nitrogens with zero attached hydrogens (tertiary/aromatic N) is 7. The molecule has 5 rings (SSSR count). The molecule has 0 unspecified atom stereocenters. The van der Waals surface area contributed by atoms with E-state index >= 15 is 0 Å². The first-order valence-electron chi connectivity index (χ1n) is 10.8. The van der Waals surface area contributed by atoms with Crippen LogP contribution in [-0.2, 0) is 18.5 Å². The fourth-order valence-electron chi connectivity index (χ4n) is 5.24. The zero-order chi connectivity index (χ0) is 20.7. The summed E-state index contributed by atoms with van der Waals surface area (Å²) >= 11 is 1.75. The standard InChI is InChI=1S/C22H29N7S/c1-16(2)29-17(3)26-20-18(29)13-27(14-19-23-9-12-30-19)15-22(20)5-10-28(11-6-22)21-24-7-4-8-25-21/h4,7-9,12,16H,5-6,10-11,13-15H2,1-3H3. The highest BCUT2D eigenvalue weighted by atomic mass is 32.1. The van der Waals surface area contributed by atoms with Crippen LogP contribution in [0, 0.1) is 6.92 Å². The van der Waals surface area contributed by atoms with Gasteiger partial charge in [-0.1, -0.05) is 0 Å². The molecule has 30 heavy (non-hydrogen) atoms. The Morgan fingerprint density at radius 1 is 1.10 bits per heavy atom. The molecule has 0 aromatic carbocycles. The minimum atomic E-state index is 0.0843. The number of imidazole rings is 1. The highest BCUT2D eigenvalue weighted by Crippen LogP contribution is 2.43. The summed E-state index contributed by atoms with van der Waals surface area (Å²) in [5, 5.41) is 3.26. The summed E-state index contributed by atoms with van der Waals surface area (Å²) in [5.74, 6) is 1.98. The van der Waals surface area contributed by atoms with E-state index in [0.29, 0.717) is 6.04 Å². The van der Waals surface area contributed by atoms with Gasteiger partial charge in [0.2, 0.25) is 5.95 Å². The van der Waals surface area contributed by atoms with E-state index in [1.807, 2.05) is 24.7 Å². The molecule has 1 spiro atoms. The molecule has 2 aliphatic heterocycles. The van der Waals surface area contributed by atoms with E-state index in [0.717, 1.165) is 57.3 Å². The predicted molar refractivity (Wildman–Crippen MR) is 119 cm³/mol. The summed E-state index contributed by atoms with van der Waals surface area (Å²) in [5.41, 5.74) is 2.81. The van der Waals surface area contributed by atoms with Crippen molar-refractivity contribution >= 4 is 17.3 Å². The zero-order valence-corrected chi connectivity index (χ0v) is 18.8. The Morgan fingerprint density at radius 2 is 1.87 bits per heavy atom. The smallest absolute Gasteiger partial charge is 0.225 e. The van der Waals surface area contributed by atoms with Crippen LogP contribution in [0.1, 0.15) is 55.0 Å². The summed E-state index contributed by atoms with van der Waals surface area (Å²) in [6.07, 6.45) is 7.71. The summed E-state index contributed by atoms with van der Waals surface area (Å²) in [4.78, 5) is 23.5. The molecule has 5 heterocycles. The van der Waals surface area contributed by atoms with Crippen LogP contribution in [0.15, 0.2) is 30.0 Å². The molecule has 2 aliphatic rings. The molecule has 7 nitrogen and oxygen atoms in total. The third-order valence-electron chi connectivity index (χ3n) is 6.50. The summed E-state index contributed by atoms with van der Waals surface area (Å²) in [6.45, 7) is 11.5. The molecule has 3 aromatic rings. The average molecular weight is 424 g/mol. The van der Waals surface area contributed by atoms with Crippen molar-refractivity contribution in [3.8, 4) is 0 Å². The van der Waals surface area contributed by atoms with Crippen molar-refractivity contribution in [2.45, 2.75) is 58.2 Å². The first kappa shape index (κ1) is 19.6. The van der Waals surface area contributed by atoms with Crippen molar-refractivity contribution in [1.29, 1.82) is 0 Å². The molecule has 8 heteroatoms. The van der Waals surface area contributed by atoms with Crippen LogP contribution in [0.3, 0.4) is 0 Å². The number of aromatic nitrogens is 5. The number of anilines is 1. The first-order chi connectivity index (χ1) is 14.6. The van der Waals surface area contributed by atoms with Crippen molar-refractivity contribution in [3.63, 3.8) is 0 Å². The molecule has 158 valence electrons. The molecule has 0 bridgehead atoms. The van der Waals surface area contributed by atoms with E-state index in [2.05, 4.69) is 55.5 Å². The van der Waals surface area contributed by atoms with Gasteiger partial charge in [0, 0.05) is 61.6 Å². The number of aryl methyl sites for hydroxylation is 1. The maximum Gasteiger partial charge on any atom is 0.225 e. The van der Waals surface area contributed by atoms with Gasteiger partial charge in [0.05, 0.1) is 17.9 Å². The number of fused-ring (bicyclic) bond motifs is 2. The van der Waals surface area contributed by atoms with Crippen molar-refractivity contribution in [1.82, 2.24) is 29.4 Å². The van der Waals surface area contributed by atoms with Gasteiger partial charge in [-0.25, -0.2) is 19.9 Å². The van der Waals surface area contributed by atoms with E-state index in [1.165, 1.54) is 16.4 Å². The number of thiazole rings is 1. The molecular formula is C22H29N7S. The Balaban J connectivity index is 1.47. The molecule has 0 amide bonds. The zero-order valence-electron chi connectivity index (χ0n) is 18.0. The van der Waals surface area contributed by atoms with E-state index in [4.69, 9.17) is 4.98 Å². The fourth-order valence-corrected chi connectivity index (χ4v) is 5.90. The topological polar surface area (TPSA) is 63.0 Å². The van der Waals surface area contributed by atoms with Gasteiger partial charge in [0.1, 0.15) is 10.8 Å². The lowest BCUT2D eigenvalue weighted by atomic mass is 9.72. The van der Waals surface area contributed by atoms with Gasteiger partial charge in [-0.15, -0.1) is 11.3 Å². The Kier molecular flexibility index (Phi) is 5.06. The number of piperidine rings is 1. The van der Waals surface area contributed by atoms with Crippen LogP contribution in [-0.4, -0.2) is 49.0 Å². The normalized spacial score (nSPS) is 18.9. The van der Waals surface area contributed by atoms with Crippen molar-refractivity contribution < 1.29 is 0 Å². The third-order valence-corrected chi connectivity index (χ3v) is 7.27. The summed E-state index contributed by atoms with van der Waals surface area (Å²) < 4.78 is 2.44. The van der Waals surface area contributed by atoms with E-state index in [-0.39, 0.29) is 5.41 Å². The summed E-state index contributed by atoms with van der Waals surface area (Å²) in [6, 6.07) is 2.29. The third kappa shape index (κ3) is 3.41. The van der Waals surface area contributed by atoms with Gasteiger partial charge in [0.15, 0.2) is 0 Å². The lowest BCUT2D eigenvalue weighted by Gasteiger charge is -2.47. The predicted octanol–water partition coefficient (Wildman–Crippen LogP) is 3.57. The minimum absolute atomic E-state index is 0.0843. The van der Waals surface area contributed by atoms with Gasteiger partial charge in [0.25, 0.3) is 0 Å². The van der Waals surface area contributed by atoms with Crippen molar-refractivity contribution in [2.75, 3.05) is 24.5 Å². The van der Waals surface area contributed by atoms with Gasteiger partial charge >= 0.3 is 0 Å². The summed E-state index contributed by atoms with van der Waals surface area (Å²) in [7, 11) is 0. The molecule has 0 N–H and O–H groups in total. The second-order valence-electron chi connectivity index (χ2n) is 8.81. The van der Waals surface area contributed by atoms with Crippen LogP contribution in [0.5, 0.6) is 0 Å². The molecule has 3 aromatic heterocycles. The van der Waals surface area contributed by atoms with Crippen molar-refractivity contribution in [3.05, 3.63) is 52.3 Å². The first-order valence-corrected chi connectivity index (χ1v) is 11.6. The molecule has 0 radical (unpaired) electrons. The van der Waals surface area contributed by atoms with Gasteiger partial charge in [-0.05, 0) is 39.7 Å². The number of rotatable bonds is 4. The Bertz CT molecular complexity index is 988. The SMILES string of the molecule is Cc1nc2c(n1C(C)C)CN(Cc1nccs1)CC21CCN(c2ncccn2)CC1. The molecule has 1 saturated heterocycles. The van der Waals surface area contributed by atoms with Crippen molar-refractivity contribution in [2.24, 2.45) is 0 Å². The number of hydrogen-bond donors (Lipinski definition) is 0. The largest absolute Gasteiger partial charge is 0.341 e. The lowest BCUT2D eigenvalue weighted by Crippen LogP contribution is -2.52. The van der Waals surface area contributed by atoms with Gasteiger partial charge in [-0.3, -0.25) is 4.90 Å². The Morgan fingerprint density at radius 3 is 2.53 bits per heavy atom. The van der Waals surface area contributed by atoms with Crippen LogP contribution in [0.4, 0.5) is 5.95 Å². The van der Waals surface area contributed by atoms with Crippen LogP contribution in [0.25, 0.3) is 0 Å². The van der Waals surface area contributed by atoms with Crippen LogP contribution < -0.4 is 4.90 Å². The van der Waals surface area contributed by atoms with E-state index in [9.17, 15) is 0 Å². The lowest BCUT2D eigenvalue weighted by molar-refractivity contribution is 0.138. The molecule has 0 atom stereocenters. The highest BCUT2D eigenvalue weighted by Gasteiger charge is 2.45. The second kappa shape index (κ2) is 7.74. The molecule has 0 aliphatic carbocycles. The van der Waals surface area contributed by atoms with Gasteiger partial charge < -0.3 is 9.47 Å². The molecular weight excluding hydrogens is 394 g/mol. The Hall–Kier alpha value is -2.32. The van der Waals surface area contributed by atoms with Gasteiger partial charge in [-0.2, -0.15) is 0 Å².